The standard InChI is InChI=1S/C43H69N3O7/c1-26(2)35(53-38(49)45-18-9-19-45)28-22-27(3)34-36(51-28)37(48)41(7)30-11-10-29-39(4,5)31(12-13-42(29)25-43(30,42)15-14-40(34,41)6)52-33-24-46(20-21-50-33)32(47)23-44-16-8-17-44/h26-31,33-37,48H,8-25H2,1-7H3/t27-,28-,29+,30+,31+,33+,34+,35-,36+,37+,40-,41-,42-,43+/m1/s1. The van der Waals surface area contributed by atoms with Crippen LogP contribution in [0, 0.1) is 56.7 Å². The molecule has 9 rings (SSSR count). The molecule has 0 aromatic carbocycles. The van der Waals surface area contributed by atoms with Crippen LogP contribution in [0.15, 0.2) is 0 Å². The number of likely N-dealkylation sites (tertiary alicyclic amines) is 2. The number of nitrogens with zero attached hydrogens (tertiary/aromatic N) is 3. The van der Waals surface area contributed by atoms with E-state index in [0.29, 0.717) is 49.4 Å². The van der Waals surface area contributed by atoms with E-state index in [1.807, 2.05) is 4.90 Å². The summed E-state index contributed by atoms with van der Waals surface area (Å²) in [4.78, 5) is 32.0. The van der Waals surface area contributed by atoms with Gasteiger partial charge >= 0.3 is 6.09 Å². The van der Waals surface area contributed by atoms with Gasteiger partial charge in [-0.15, -0.1) is 0 Å². The van der Waals surface area contributed by atoms with Crippen LogP contribution in [0.5, 0.6) is 0 Å². The topological polar surface area (TPSA) is 101 Å². The number of amides is 2. The number of carbonyl (C=O) groups is 2. The summed E-state index contributed by atoms with van der Waals surface area (Å²) in [6.45, 7) is 22.3. The molecule has 0 aromatic heterocycles. The average molecular weight is 740 g/mol. The third-order valence-electron chi connectivity index (χ3n) is 18.2. The van der Waals surface area contributed by atoms with Crippen LogP contribution in [-0.2, 0) is 23.7 Å². The van der Waals surface area contributed by atoms with Crippen LogP contribution in [0.2, 0.25) is 0 Å². The summed E-state index contributed by atoms with van der Waals surface area (Å²) in [5.41, 5.74) is 0.306. The number of morpholine rings is 1. The minimum absolute atomic E-state index is 0.00583. The van der Waals surface area contributed by atoms with Crippen molar-refractivity contribution in [2.24, 2.45) is 56.7 Å². The van der Waals surface area contributed by atoms with Crippen molar-refractivity contribution in [1.29, 1.82) is 0 Å². The van der Waals surface area contributed by atoms with Crippen LogP contribution in [0.4, 0.5) is 4.79 Å². The van der Waals surface area contributed by atoms with Gasteiger partial charge < -0.3 is 33.9 Å². The number of aliphatic hydroxyl groups excluding tert-OH is 1. The Labute approximate surface area is 318 Å². The third-order valence-corrected chi connectivity index (χ3v) is 18.2. The normalized spacial score (nSPS) is 49.0. The molecule has 4 aliphatic heterocycles. The predicted molar refractivity (Wildman–Crippen MR) is 200 cm³/mol. The van der Waals surface area contributed by atoms with Crippen molar-refractivity contribution in [3.63, 3.8) is 0 Å². The van der Waals surface area contributed by atoms with E-state index in [9.17, 15) is 14.7 Å². The van der Waals surface area contributed by atoms with Gasteiger partial charge in [0.1, 0.15) is 6.10 Å². The van der Waals surface area contributed by atoms with Gasteiger partial charge in [0.15, 0.2) is 6.29 Å². The van der Waals surface area contributed by atoms with Crippen LogP contribution >= 0.6 is 0 Å². The van der Waals surface area contributed by atoms with Crippen LogP contribution in [0.25, 0.3) is 0 Å². The first-order chi connectivity index (χ1) is 25.2. The summed E-state index contributed by atoms with van der Waals surface area (Å²) in [5, 5.41) is 12.7. The number of rotatable bonds is 7. The first-order valence-electron chi connectivity index (χ1n) is 21.7. The largest absolute Gasteiger partial charge is 0.443 e. The summed E-state index contributed by atoms with van der Waals surface area (Å²) in [7, 11) is 0. The SMILES string of the molecule is CC(C)[C@@H](OC(=O)N1CCC1)[C@H]1C[C@@H](C)[C@H]2[C@H](O1)[C@H](O)[C@@]1(C)[C@@H]3CC[C@H]4C(C)(C)[C@@H](O[C@H]5CN(C(=O)CN6CCC6)CCO5)CC[C@@]45C[C@@]35CC[C@]21C. The fraction of sp³-hybridized carbons (Fsp3) is 0.953. The molecule has 0 unspecified atom stereocenters. The molecule has 10 nitrogen and oxygen atoms in total. The second-order valence-electron chi connectivity index (χ2n) is 20.9. The number of carbonyl (C=O) groups excluding carboxylic acids is 2. The van der Waals surface area contributed by atoms with Gasteiger partial charge in [-0.1, -0.05) is 48.5 Å². The lowest BCUT2D eigenvalue weighted by atomic mass is 9.41. The number of fused-ring (bicyclic) bond motifs is 4. The molecule has 14 atom stereocenters. The predicted octanol–water partition coefficient (Wildman–Crippen LogP) is 5.94. The number of aliphatic hydroxyl groups is 1. The van der Waals surface area contributed by atoms with E-state index in [1.165, 1.54) is 32.1 Å². The Bertz CT molecular complexity index is 1450. The second-order valence-corrected chi connectivity index (χ2v) is 20.9. The van der Waals surface area contributed by atoms with E-state index < -0.39 is 6.10 Å². The first kappa shape index (κ1) is 37.1. The van der Waals surface area contributed by atoms with Gasteiger partial charge in [0, 0.05) is 25.0 Å². The van der Waals surface area contributed by atoms with E-state index >= 15 is 0 Å². The van der Waals surface area contributed by atoms with Crippen molar-refractivity contribution in [2.75, 3.05) is 52.4 Å². The Kier molecular flexibility index (Phi) is 8.95. The van der Waals surface area contributed by atoms with Crippen molar-refractivity contribution < 1.29 is 33.6 Å². The zero-order chi connectivity index (χ0) is 37.3. The Balaban J connectivity index is 0.910. The molecular weight excluding hydrogens is 670 g/mol. The van der Waals surface area contributed by atoms with Gasteiger partial charge in [0.2, 0.25) is 5.91 Å². The molecule has 298 valence electrons. The minimum Gasteiger partial charge on any atom is -0.443 e. The van der Waals surface area contributed by atoms with Gasteiger partial charge in [-0.3, -0.25) is 9.69 Å². The highest BCUT2D eigenvalue weighted by molar-refractivity contribution is 5.78. The molecule has 4 saturated heterocycles. The Hall–Kier alpha value is -1.46. The molecule has 2 amide bonds. The maximum Gasteiger partial charge on any atom is 0.410 e. The lowest BCUT2D eigenvalue weighted by Crippen LogP contribution is -2.60. The third kappa shape index (κ3) is 5.25. The van der Waals surface area contributed by atoms with Crippen LogP contribution in [0.1, 0.15) is 113 Å². The Morgan fingerprint density at radius 3 is 2.30 bits per heavy atom. The molecular formula is C43H69N3O7. The summed E-state index contributed by atoms with van der Waals surface area (Å²) >= 11 is 0. The molecule has 5 saturated carbocycles. The van der Waals surface area contributed by atoms with E-state index in [0.717, 1.165) is 58.3 Å². The monoisotopic (exact) mass is 740 g/mol. The van der Waals surface area contributed by atoms with Crippen molar-refractivity contribution in [1.82, 2.24) is 14.7 Å². The Morgan fingerprint density at radius 1 is 0.906 bits per heavy atom. The van der Waals surface area contributed by atoms with Crippen molar-refractivity contribution in [2.45, 2.75) is 149 Å². The molecule has 10 heteroatoms. The van der Waals surface area contributed by atoms with Gasteiger partial charge in [-0.25, -0.2) is 4.79 Å². The quantitative estimate of drug-likeness (QED) is 0.343. The molecule has 0 aromatic rings. The molecule has 0 bridgehead atoms. The van der Waals surface area contributed by atoms with Crippen LogP contribution < -0.4 is 0 Å². The highest BCUT2D eigenvalue weighted by atomic mass is 16.7. The molecule has 53 heavy (non-hydrogen) atoms. The maximum atomic E-state index is 13.1. The van der Waals surface area contributed by atoms with Crippen LogP contribution in [0.3, 0.4) is 0 Å². The molecule has 9 fully saturated rings. The molecule has 9 aliphatic rings. The maximum absolute atomic E-state index is 13.1. The van der Waals surface area contributed by atoms with E-state index in [1.54, 1.807) is 4.90 Å². The number of ether oxygens (including phenoxy) is 4. The van der Waals surface area contributed by atoms with Gasteiger partial charge in [-0.05, 0) is 129 Å². The van der Waals surface area contributed by atoms with Gasteiger partial charge in [-0.2, -0.15) is 0 Å². The van der Waals surface area contributed by atoms with Crippen molar-refractivity contribution in [3.05, 3.63) is 0 Å². The smallest absolute Gasteiger partial charge is 0.410 e. The fourth-order valence-electron chi connectivity index (χ4n) is 15.0. The van der Waals surface area contributed by atoms with Crippen molar-refractivity contribution in [3.8, 4) is 0 Å². The summed E-state index contributed by atoms with van der Waals surface area (Å²) in [6.07, 6.45) is 9.49. The van der Waals surface area contributed by atoms with Crippen LogP contribution in [-0.4, -0.2) is 121 Å². The molecule has 5 aliphatic carbocycles. The highest BCUT2D eigenvalue weighted by Gasteiger charge is 2.84. The van der Waals surface area contributed by atoms with E-state index in [-0.39, 0.29) is 76.2 Å². The van der Waals surface area contributed by atoms with Crippen molar-refractivity contribution >= 4 is 12.0 Å². The number of hydrogen-bond acceptors (Lipinski definition) is 8. The summed E-state index contributed by atoms with van der Waals surface area (Å²) < 4.78 is 26.3. The van der Waals surface area contributed by atoms with Gasteiger partial charge in [0.05, 0.1) is 44.1 Å². The second kappa shape index (κ2) is 12.8. The lowest BCUT2D eigenvalue weighted by molar-refractivity contribution is -0.248. The summed E-state index contributed by atoms with van der Waals surface area (Å²) in [6, 6.07) is 0. The van der Waals surface area contributed by atoms with E-state index in [2.05, 4.69) is 53.4 Å². The van der Waals surface area contributed by atoms with E-state index in [4.69, 9.17) is 18.9 Å². The molecule has 4 heterocycles. The highest BCUT2D eigenvalue weighted by Crippen LogP contribution is 2.89. The first-order valence-corrected chi connectivity index (χ1v) is 21.7. The Morgan fingerprint density at radius 2 is 1.62 bits per heavy atom. The average Bonchev–Trinajstić information content (AvgIpc) is 3.70. The zero-order valence-corrected chi connectivity index (χ0v) is 33.8. The van der Waals surface area contributed by atoms with Gasteiger partial charge in [0.25, 0.3) is 0 Å². The lowest BCUT2D eigenvalue weighted by Gasteiger charge is -2.64. The zero-order valence-electron chi connectivity index (χ0n) is 33.8. The number of hydrogen-bond donors (Lipinski definition) is 1. The molecule has 1 N–H and O–H groups in total. The summed E-state index contributed by atoms with van der Waals surface area (Å²) in [5.74, 6) is 2.03. The molecule has 0 radical (unpaired) electrons. The molecule has 2 spiro atoms. The fourth-order valence-corrected chi connectivity index (χ4v) is 15.0. The minimum atomic E-state index is -0.541.